The zero-order valence-electron chi connectivity index (χ0n) is 18.9. The summed E-state index contributed by atoms with van der Waals surface area (Å²) in [7, 11) is 1.97. The normalized spacial score (nSPS) is 22.8. The molecule has 5 rings (SSSR count). The van der Waals surface area contributed by atoms with Crippen LogP contribution in [0.15, 0.2) is 35.1 Å². The molecule has 3 aliphatic heterocycles. The number of pyridine rings is 1. The monoisotopic (exact) mass is 437 g/mol. The molecular formula is C24H31N5O3. The van der Waals surface area contributed by atoms with Crippen molar-refractivity contribution in [2.75, 3.05) is 33.2 Å². The molecule has 2 aromatic rings. The Kier molecular flexibility index (Phi) is 5.28. The van der Waals surface area contributed by atoms with E-state index in [1.165, 1.54) is 5.56 Å². The lowest BCUT2D eigenvalue weighted by atomic mass is 9.71. The Bertz CT molecular complexity index is 988. The minimum absolute atomic E-state index is 0.0814. The minimum Gasteiger partial charge on any atom is -0.361 e. The third-order valence-electron chi connectivity index (χ3n) is 7.91. The van der Waals surface area contributed by atoms with Gasteiger partial charge in [-0.25, -0.2) is 0 Å². The first-order valence-electron chi connectivity index (χ1n) is 11.5. The fourth-order valence-electron chi connectivity index (χ4n) is 5.94. The van der Waals surface area contributed by atoms with Crippen molar-refractivity contribution < 1.29 is 14.1 Å². The quantitative estimate of drug-likeness (QED) is 0.734. The molecule has 2 spiro atoms. The number of hydrogen-bond donors (Lipinski definition) is 0. The number of hydrogen-bond acceptors (Lipinski definition) is 6. The number of piperidine rings is 2. The average molecular weight is 438 g/mol. The van der Waals surface area contributed by atoms with Gasteiger partial charge in [-0.05, 0) is 63.7 Å². The van der Waals surface area contributed by atoms with Gasteiger partial charge >= 0.3 is 0 Å². The van der Waals surface area contributed by atoms with Crippen LogP contribution in [0.5, 0.6) is 0 Å². The van der Waals surface area contributed by atoms with Crippen molar-refractivity contribution in [2.24, 2.45) is 5.41 Å². The van der Waals surface area contributed by atoms with Crippen LogP contribution in [0.25, 0.3) is 0 Å². The Morgan fingerprint density at radius 1 is 1.16 bits per heavy atom. The Balaban J connectivity index is 1.22. The first kappa shape index (κ1) is 21.1. The van der Waals surface area contributed by atoms with Crippen LogP contribution in [0.4, 0.5) is 0 Å². The van der Waals surface area contributed by atoms with Gasteiger partial charge in [0.1, 0.15) is 5.76 Å². The fourth-order valence-corrected chi connectivity index (χ4v) is 5.94. The van der Waals surface area contributed by atoms with Crippen LogP contribution in [0, 0.1) is 12.3 Å². The second-order valence-corrected chi connectivity index (χ2v) is 9.80. The maximum absolute atomic E-state index is 13.5. The van der Waals surface area contributed by atoms with Crippen LogP contribution in [-0.2, 0) is 11.3 Å². The van der Waals surface area contributed by atoms with Crippen molar-refractivity contribution in [3.05, 3.63) is 47.6 Å². The van der Waals surface area contributed by atoms with Crippen molar-refractivity contribution in [1.29, 1.82) is 0 Å². The van der Waals surface area contributed by atoms with E-state index in [0.717, 1.165) is 51.7 Å². The molecule has 0 aromatic carbocycles. The molecule has 8 nitrogen and oxygen atoms in total. The standard InChI is InChI=1S/C24H31N5O3/c1-18-14-20(26-32-18)21(30)29-12-7-24(8-13-29)17-23(22(31)27(24)2)5-10-28(11-6-23)16-19-4-3-9-25-15-19/h3-4,9,14-15H,5-8,10-13,16-17H2,1-2H3. The molecule has 170 valence electrons. The molecule has 0 saturated carbocycles. The molecule has 8 heteroatoms. The number of amides is 2. The Hall–Kier alpha value is -2.74. The highest BCUT2D eigenvalue weighted by molar-refractivity contribution is 5.92. The van der Waals surface area contributed by atoms with E-state index in [1.807, 2.05) is 29.1 Å². The summed E-state index contributed by atoms with van der Waals surface area (Å²) in [6.07, 6.45) is 8.06. The average Bonchev–Trinajstić information content (AvgIpc) is 3.33. The van der Waals surface area contributed by atoms with Gasteiger partial charge in [-0.2, -0.15) is 0 Å². The fraction of sp³-hybridized carbons (Fsp3) is 0.583. The van der Waals surface area contributed by atoms with E-state index >= 15 is 0 Å². The zero-order chi connectivity index (χ0) is 22.3. The first-order chi connectivity index (χ1) is 15.4. The van der Waals surface area contributed by atoms with Gasteiger partial charge in [-0.3, -0.25) is 19.5 Å². The molecule has 32 heavy (non-hydrogen) atoms. The van der Waals surface area contributed by atoms with E-state index in [-0.39, 0.29) is 16.9 Å². The summed E-state index contributed by atoms with van der Waals surface area (Å²) in [4.78, 5) is 36.7. The predicted octanol–water partition coefficient (Wildman–Crippen LogP) is 2.50. The SMILES string of the molecule is Cc1cc(C(=O)N2CCC3(CC2)CC2(CCN(Cc4cccnc4)CC2)C(=O)N3C)no1. The van der Waals surface area contributed by atoms with Gasteiger partial charge in [-0.1, -0.05) is 11.2 Å². The molecule has 5 heterocycles. The second kappa shape index (κ2) is 7.99. The molecule has 3 fully saturated rings. The number of carbonyl (C=O) groups is 2. The highest BCUT2D eigenvalue weighted by Crippen LogP contribution is 2.52. The molecule has 2 aromatic heterocycles. The summed E-state index contributed by atoms with van der Waals surface area (Å²) in [5.41, 5.74) is 1.19. The molecule has 0 N–H and O–H groups in total. The number of carbonyl (C=O) groups excluding carboxylic acids is 2. The van der Waals surface area contributed by atoms with Crippen LogP contribution >= 0.6 is 0 Å². The zero-order valence-corrected chi connectivity index (χ0v) is 18.9. The molecule has 2 amide bonds. The lowest BCUT2D eigenvalue weighted by Crippen LogP contribution is -2.52. The summed E-state index contributed by atoms with van der Waals surface area (Å²) in [5.74, 6) is 0.854. The van der Waals surface area contributed by atoms with E-state index in [4.69, 9.17) is 4.52 Å². The van der Waals surface area contributed by atoms with Crippen molar-refractivity contribution in [3.63, 3.8) is 0 Å². The minimum atomic E-state index is -0.254. The summed E-state index contributed by atoms with van der Waals surface area (Å²) in [6, 6.07) is 5.77. The first-order valence-corrected chi connectivity index (χ1v) is 11.5. The number of aromatic nitrogens is 2. The summed E-state index contributed by atoms with van der Waals surface area (Å²) in [6.45, 7) is 5.83. The topological polar surface area (TPSA) is 82.8 Å². The molecule has 0 radical (unpaired) electrons. The van der Waals surface area contributed by atoms with Crippen LogP contribution in [0.3, 0.4) is 0 Å². The Morgan fingerprint density at radius 2 is 1.91 bits per heavy atom. The van der Waals surface area contributed by atoms with E-state index in [0.29, 0.717) is 30.5 Å². The number of aryl methyl sites for hydroxylation is 1. The molecule has 0 aliphatic carbocycles. The van der Waals surface area contributed by atoms with Crippen LogP contribution in [-0.4, -0.2) is 75.4 Å². The second-order valence-electron chi connectivity index (χ2n) is 9.80. The van der Waals surface area contributed by atoms with Gasteiger partial charge in [0.25, 0.3) is 5.91 Å². The van der Waals surface area contributed by atoms with E-state index in [2.05, 4.69) is 21.1 Å². The van der Waals surface area contributed by atoms with E-state index < -0.39 is 0 Å². The Morgan fingerprint density at radius 3 is 2.53 bits per heavy atom. The summed E-state index contributed by atoms with van der Waals surface area (Å²) in [5, 5.41) is 3.87. The molecule has 0 bridgehead atoms. The number of rotatable bonds is 3. The van der Waals surface area contributed by atoms with E-state index in [9.17, 15) is 9.59 Å². The van der Waals surface area contributed by atoms with Crippen LogP contribution < -0.4 is 0 Å². The predicted molar refractivity (Wildman–Crippen MR) is 118 cm³/mol. The molecule has 3 aliphatic rings. The third-order valence-corrected chi connectivity index (χ3v) is 7.91. The molecule has 0 unspecified atom stereocenters. The third kappa shape index (κ3) is 3.60. The van der Waals surface area contributed by atoms with Gasteiger partial charge in [-0.15, -0.1) is 0 Å². The summed E-state index contributed by atoms with van der Waals surface area (Å²) < 4.78 is 5.06. The van der Waals surface area contributed by atoms with Gasteiger partial charge in [0, 0.05) is 50.7 Å². The summed E-state index contributed by atoms with van der Waals surface area (Å²) >= 11 is 0. The number of nitrogens with zero attached hydrogens (tertiary/aromatic N) is 5. The van der Waals surface area contributed by atoms with Crippen molar-refractivity contribution in [1.82, 2.24) is 24.8 Å². The van der Waals surface area contributed by atoms with E-state index in [1.54, 1.807) is 19.2 Å². The van der Waals surface area contributed by atoms with Crippen molar-refractivity contribution >= 4 is 11.8 Å². The largest absolute Gasteiger partial charge is 0.361 e. The highest BCUT2D eigenvalue weighted by atomic mass is 16.5. The number of likely N-dealkylation sites (tertiary alicyclic amines) is 3. The highest BCUT2D eigenvalue weighted by Gasteiger charge is 2.58. The van der Waals surface area contributed by atoms with Crippen molar-refractivity contribution in [2.45, 2.75) is 51.1 Å². The lowest BCUT2D eigenvalue weighted by Gasteiger charge is -2.43. The maximum Gasteiger partial charge on any atom is 0.276 e. The smallest absolute Gasteiger partial charge is 0.276 e. The molecule has 0 atom stereocenters. The van der Waals surface area contributed by atoms with Gasteiger partial charge in [0.15, 0.2) is 5.69 Å². The lowest BCUT2D eigenvalue weighted by molar-refractivity contribution is -0.139. The molecular weight excluding hydrogens is 406 g/mol. The maximum atomic E-state index is 13.5. The van der Waals surface area contributed by atoms with Crippen LogP contribution in [0.1, 0.15) is 53.9 Å². The van der Waals surface area contributed by atoms with Gasteiger partial charge < -0.3 is 14.3 Å². The van der Waals surface area contributed by atoms with Gasteiger partial charge in [0.2, 0.25) is 5.91 Å². The van der Waals surface area contributed by atoms with Crippen LogP contribution in [0.2, 0.25) is 0 Å². The Labute approximate surface area is 188 Å². The van der Waals surface area contributed by atoms with Crippen molar-refractivity contribution in [3.8, 4) is 0 Å². The molecule has 3 saturated heterocycles. The van der Waals surface area contributed by atoms with Gasteiger partial charge in [0.05, 0.1) is 5.41 Å².